The minimum Gasteiger partial charge on any atom is -0.330 e. The highest BCUT2D eigenvalue weighted by Gasteiger charge is 2.20. The first kappa shape index (κ1) is 13.1. The second kappa shape index (κ2) is 4.75. The van der Waals surface area contributed by atoms with Crippen molar-refractivity contribution in [2.24, 2.45) is 0 Å². The van der Waals surface area contributed by atoms with E-state index in [1.807, 2.05) is 6.07 Å². The fourth-order valence-electron chi connectivity index (χ4n) is 1.90. The Labute approximate surface area is 114 Å². The topological polar surface area (TPSA) is 66.1 Å². The summed E-state index contributed by atoms with van der Waals surface area (Å²) in [5, 5.41) is 8.80. The van der Waals surface area contributed by atoms with Crippen LogP contribution < -0.4 is 0 Å². The van der Waals surface area contributed by atoms with Gasteiger partial charge in [-0.2, -0.15) is 5.26 Å². The predicted octanol–water partition coefficient (Wildman–Crippen LogP) is 2.42. The largest absolute Gasteiger partial charge is 0.330 e. The van der Waals surface area contributed by atoms with Crippen molar-refractivity contribution in [1.29, 1.82) is 5.26 Å². The Morgan fingerprint density at radius 1 is 1.37 bits per heavy atom. The average molecular weight is 276 g/mol. The normalized spacial score (nSPS) is 10.2. The van der Waals surface area contributed by atoms with Crippen LogP contribution in [0.5, 0.6) is 0 Å². The SMILES string of the molecule is CN(C)C(=O)n1cc(C(=O)Cl)c2c(C#N)cccc21. The van der Waals surface area contributed by atoms with Gasteiger partial charge in [0.05, 0.1) is 22.7 Å². The molecule has 1 heterocycles. The first-order valence-corrected chi connectivity index (χ1v) is 5.80. The molecule has 6 heteroatoms. The van der Waals surface area contributed by atoms with Crippen LogP contribution in [0.2, 0.25) is 0 Å². The van der Waals surface area contributed by atoms with Crippen molar-refractivity contribution in [2.45, 2.75) is 0 Å². The van der Waals surface area contributed by atoms with E-state index in [1.54, 1.807) is 32.3 Å². The molecule has 0 unspecified atom stereocenters. The summed E-state index contributed by atoms with van der Waals surface area (Å²) in [6.45, 7) is 0. The highest BCUT2D eigenvalue weighted by atomic mass is 35.5. The Balaban J connectivity index is 2.87. The van der Waals surface area contributed by atoms with Gasteiger partial charge in [-0.15, -0.1) is 0 Å². The third-order valence-corrected chi connectivity index (χ3v) is 2.95. The van der Waals surface area contributed by atoms with Crippen LogP contribution in [0.25, 0.3) is 10.9 Å². The Kier molecular flexibility index (Phi) is 3.28. The van der Waals surface area contributed by atoms with Crippen molar-refractivity contribution in [2.75, 3.05) is 14.1 Å². The Morgan fingerprint density at radius 2 is 2.05 bits per heavy atom. The summed E-state index contributed by atoms with van der Waals surface area (Å²) in [4.78, 5) is 24.9. The number of aromatic nitrogens is 1. The van der Waals surface area contributed by atoms with E-state index in [2.05, 4.69) is 0 Å². The summed E-state index contributed by atoms with van der Waals surface area (Å²) in [6, 6.07) is 6.58. The van der Waals surface area contributed by atoms with Crippen molar-refractivity contribution in [3.8, 4) is 6.07 Å². The highest BCUT2D eigenvalue weighted by Crippen LogP contribution is 2.26. The molecule has 1 aromatic heterocycles. The number of carbonyl (C=O) groups excluding carboxylic acids is 2. The standard InChI is InChI=1S/C13H10ClN3O2/c1-16(2)13(19)17-7-9(12(14)18)11-8(6-15)4-3-5-10(11)17/h3-5,7H,1-2H3. The van der Waals surface area contributed by atoms with Crippen LogP contribution in [0.15, 0.2) is 24.4 Å². The number of hydrogen-bond acceptors (Lipinski definition) is 3. The number of nitriles is 1. The molecule has 0 aliphatic rings. The van der Waals surface area contributed by atoms with Gasteiger partial charge in [0.15, 0.2) is 0 Å². The second-order valence-corrected chi connectivity index (χ2v) is 4.52. The zero-order valence-corrected chi connectivity index (χ0v) is 11.1. The van der Waals surface area contributed by atoms with Crippen LogP contribution in [-0.4, -0.2) is 34.8 Å². The van der Waals surface area contributed by atoms with Gasteiger partial charge in [0, 0.05) is 25.7 Å². The molecule has 1 amide bonds. The van der Waals surface area contributed by atoms with Gasteiger partial charge in [-0.25, -0.2) is 4.79 Å². The number of carbonyl (C=O) groups is 2. The minimum absolute atomic E-state index is 0.156. The molecule has 0 aliphatic carbocycles. The van der Waals surface area contributed by atoms with Gasteiger partial charge in [0.2, 0.25) is 0 Å². The molecular formula is C13H10ClN3O2. The third kappa shape index (κ3) is 2.07. The molecule has 0 saturated heterocycles. The lowest BCUT2D eigenvalue weighted by Crippen LogP contribution is -2.26. The zero-order chi connectivity index (χ0) is 14.2. The monoisotopic (exact) mass is 275 g/mol. The molecular weight excluding hydrogens is 266 g/mol. The van der Waals surface area contributed by atoms with Crippen LogP contribution in [0, 0.1) is 11.3 Å². The Hall–Kier alpha value is -2.32. The molecule has 0 spiro atoms. The van der Waals surface area contributed by atoms with E-state index >= 15 is 0 Å². The van der Waals surface area contributed by atoms with Crippen LogP contribution in [0.3, 0.4) is 0 Å². The lowest BCUT2D eigenvalue weighted by atomic mass is 10.1. The van der Waals surface area contributed by atoms with Gasteiger partial charge >= 0.3 is 6.03 Å². The zero-order valence-electron chi connectivity index (χ0n) is 10.3. The molecule has 0 saturated carbocycles. The smallest absolute Gasteiger partial charge is 0.328 e. The van der Waals surface area contributed by atoms with Gasteiger partial charge in [0.1, 0.15) is 0 Å². The second-order valence-electron chi connectivity index (χ2n) is 4.17. The summed E-state index contributed by atoms with van der Waals surface area (Å²) < 4.78 is 1.31. The number of nitrogens with zero attached hydrogens (tertiary/aromatic N) is 3. The molecule has 19 heavy (non-hydrogen) atoms. The molecule has 0 N–H and O–H groups in total. The first-order valence-electron chi connectivity index (χ1n) is 5.43. The van der Waals surface area contributed by atoms with Crippen LogP contribution in [-0.2, 0) is 0 Å². The van der Waals surface area contributed by atoms with Gasteiger partial charge in [0.25, 0.3) is 5.24 Å². The summed E-state index contributed by atoms with van der Waals surface area (Å²) >= 11 is 5.52. The molecule has 0 fully saturated rings. The van der Waals surface area contributed by atoms with Gasteiger partial charge in [-0.3, -0.25) is 9.36 Å². The number of rotatable bonds is 1. The van der Waals surface area contributed by atoms with E-state index < -0.39 is 5.24 Å². The summed E-state index contributed by atoms with van der Waals surface area (Å²) in [5.41, 5.74) is 0.956. The van der Waals surface area contributed by atoms with Crippen molar-refractivity contribution in [3.05, 3.63) is 35.5 Å². The Morgan fingerprint density at radius 3 is 2.58 bits per heavy atom. The fraction of sp³-hybridized carbons (Fsp3) is 0.154. The molecule has 1 aromatic carbocycles. The van der Waals surface area contributed by atoms with Gasteiger partial charge in [-0.1, -0.05) is 6.07 Å². The molecule has 2 rings (SSSR count). The fourth-order valence-corrected chi connectivity index (χ4v) is 2.05. The van der Waals surface area contributed by atoms with E-state index in [0.717, 1.165) is 0 Å². The summed E-state index contributed by atoms with van der Waals surface area (Å²) in [5.74, 6) is 0. The lowest BCUT2D eigenvalue weighted by molar-refractivity contribution is 0.108. The van der Waals surface area contributed by atoms with E-state index in [0.29, 0.717) is 16.5 Å². The maximum absolute atomic E-state index is 12.0. The molecule has 2 aromatic rings. The van der Waals surface area contributed by atoms with E-state index in [1.165, 1.54) is 15.7 Å². The quantitative estimate of drug-likeness (QED) is 0.751. The van der Waals surface area contributed by atoms with Crippen LogP contribution in [0.1, 0.15) is 15.9 Å². The van der Waals surface area contributed by atoms with Gasteiger partial charge < -0.3 is 4.90 Å². The molecule has 0 aliphatic heterocycles. The maximum atomic E-state index is 12.0. The molecule has 5 nitrogen and oxygen atoms in total. The number of fused-ring (bicyclic) bond motifs is 1. The number of halogens is 1. The van der Waals surface area contributed by atoms with Crippen molar-refractivity contribution in [3.63, 3.8) is 0 Å². The lowest BCUT2D eigenvalue weighted by Gasteiger charge is -2.11. The minimum atomic E-state index is -0.696. The number of benzene rings is 1. The predicted molar refractivity (Wildman–Crippen MR) is 71.3 cm³/mol. The van der Waals surface area contributed by atoms with Crippen molar-refractivity contribution in [1.82, 2.24) is 9.47 Å². The molecule has 96 valence electrons. The third-order valence-electron chi connectivity index (χ3n) is 2.75. The first-order chi connectivity index (χ1) is 8.97. The summed E-state index contributed by atoms with van der Waals surface area (Å²) in [7, 11) is 3.20. The maximum Gasteiger partial charge on any atom is 0.328 e. The molecule has 0 atom stereocenters. The number of amides is 1. The van der Waals surface area contributed by atoms with Crippen LogP contribution >= 0.6 is 11.6 Å². The van der Waals surface area contributed by atoms with Crippen molar-refractivity contribution >= 4 is 33.8 Å². The van der Waals surface area contributed by atoms with Crippen LogP contribution in [0.4, 0.5) is 4.79 Å². The average Bonchev–Trinajstić information content (AvgIpc) is 2.77. The van der Waals surface area contributed by atoms with Crippen molar-refractivity contribution < 1.29 is 9.59 Å². The van der Waals surface area contributed by atoms with E-state index in [9.17, 15) is 9.59 Å². The van der Waals surface area contributed by atoms with E-state index in [4.69, 9.17) is 16.9 Å². The Bertz CT molecular complexity index is 725. The molecule has 0 bridgehead atoms. The van der Waals surface area contributed by atoms with Gasteiger partial charge in [-0.05, 0) is 23.7 Å². The summed E-state index contributed by atoms with van der Waals surface area (Å²) in [6.07, 6.45) is 1.36. The number of hydrogen-bond donors (Lipinski definition) is 0. The molecule has 0 radical (unpaired) electrons. The highest BCUT2D eigenvalue weighted by molar-refractivity contribution is 6.68. The van der Waals surface area contributed by atoms with E-state index in [-0.39, 0.29) is 11.6 Å².